The Morgan fingerprint density at radius 3 is 2.41 bits per heavy atom. The average Bonchev–Trinajstić information content (AvgIpc) is 2.50. The molecule has 0 saturated carbocycles. The lowest BCUT2D eigenvalue weighted by molar-refractivity contribution is -0.141. The first-order valence-electron chi connectivity index (χ1n) is 6.71. The molecule has 1 aliphatic rings. The molecule has 1 saturated heterocycles. The van der Waals surface area contributed by atoms with Gasteiger partial charge in [0.1, 0.15) is 11.6 Å². The van der Waals surface area contributed by atoms with Crippen LogP contribution < -0.4 is 16.1 Å². The molecule has 7 nitrogen and oxygen atoms in total. The van der Waals surface area contributed by atoms with Crippen molar-refractivity contribution in [2.45, 2.75) is 18.6 Å². The van der Waals surface area contributed by atoms with E-state index in [2.05, 4.69) is 22.5 Å². The van der Waals surface area contributed by atoms with Crippen molar-refractivity contribution in [3.63, 3.8) is 0 Å². The molecule has 1 unspecified atom stereocenters. The summed E-state index contributed by atoms with van der Waals surface area (Å²) in [4.78, 5) is 23.9. The normalized spacial score (nSPS) is 16.5. The fourth-order valence-electron chi connectivity index (χ4n) is 2.16. The Labute approximate surface area is 127 Å². The smallest absolute Gasteiger partial charge is 0.269 e. The number of carbonyl (C=O) groups excluding carboxylic acids is 2. The van der Waals surface area contributed by atoms with Gasteiger partial charge in [-0.2, -0.15) is 0 Å². The van der Waals surface area contributed by atoms with Crippen molar-refractivity contribution in [3.8, 4) is 11.8 Å². The van der Waals surface area contributed by atoms with Gasteiger partial charge in [0, 0.05) is 24.2 Å². The van der Waals surface area contributed by atoms with Crippen LogP contribution in [0.25, 0.3) is 0 Å². The molecular weight excluding hydrogens is 286 g/mol. The summed E-state index contributed by atoms with van der Waals surface area (Å²) in [6.07, 6.45) is 0. The average molecular weight is 303 g/mol. The summed E-state index contributed by atoms with van der Waals surface area (Å²) >= 11 is 0. The molecule has 1 atom stereocenters. The van der Waals surface area contributed by atoms with Gasteiger partial charge in [-0.1, -0.05) is 5.92 Å². The first kappa shape index (κ1) is 16.0. The van der Waals surface area contributed by atoms with E-state index in [0.29, 0.717) is 5.56 Å². The molecule has 0 aliphatic carbocycles. The highest BCUT2D eigenvalue weighted by atomic mass is 16.5. The summed E-state index contributed by atoms with van der Waals surface area (Å²) in [5.41, 5.74) is 1.14. The van der Waals surface area contributed by atoms with Gasteiger partial charge < -0.3 is 15.7 Å². The van der Waals surface area contributed by atoms with E-state index in [4.69, 9.17) is 5.21 Å². The van der Waals surface area contributed by atoms with Crippen LogP contribution in [0.1, 0.15) is 22.8 Å². The first-order valence-corrected chi connectivity index (χ1v) is 6.71. The standard InChI is InChI=1S/C15H17N3O4/c1-2-3-10-4-6-11(7-5-10)13(19)17-12(14(20)18-22)15(21)8-16-9-15/h4-7,12,16,21-22H,8-9H2,1H3,(H,17,19)(H,18,20). The molecule has 1 fully saturated rings. The van der Waals surface area contributed by atoms with E-state index < -0.39 is 23.5 Å². The van der Waals surface area contributed by atoms with Crippen molar-refractivity contribution in [1.82, 2.24) is 16.1 Å². The van der Waals surface area contributed by atoms with Gasteiger partial charge in [-0.15, -0.1) is 5.92 Å². The lowest BCUT2D eigenvalue weighted by atomic mass is 9.87. The van der Waals surface area contributed by atoms with Crippen LogP contribution in [0.3, 0.4) is 0 Å². The molecule has 1 heterocycles. The van der Waals surface area contributed by atoms with Crippen molar-refractivity contribution in [1.29, 1.82) is 0 Å². The zero-order valence-corrected chi connectivity index (χ0v) is 12.0. The van der Waals surface area contributed by atoms with E-state index in [0.717, 1.165) is 5.56 Å². The van der Waals surface area contributed by atoms with Gasteiger partial charge in [-0.3, -0.25) is 14.8 Å². The van der Waals surface area contributed by atoms with Crippen molar-refractivity contribution in [2.24, 2.45) is 0 Å². The number of benzene rings is 1. The van der Waals surface area contributed by atoms with Crippen molar-refractivity contribution >= 4 is 11.8 Å². The summed E-state index contributed by atoms with van der Waals surface area (Å²) in [6, 6.07) is 5.28. The van der Waals surface area contributed by atoms with Gasteiger partial charge in [-0.05, 0) is 31.2 Å². The Bertz CT molecular complexity index is 626. The highest BCUT2D eigenvalue weighted by Gasteiger charge is 2.47. The Morgan fingerprint density at radius 1 is 1.32 bits per heavy atom. The van der Waals surface area contributed by atoms with E-state index >= 15 is 0 Å². The zero-order valence-electron chi connectivity index (χ0n) is 12.0. The van der Waals surface area contributed by atoms with Crippen LogP contribution in [-0.4, -0.2) is 46.9 Å². The summed E-state index contributed by atoms with van der Waals surface area (Å²) < 4.78 is 0. The summed E-state index contributed by atoms with van der Waals surface area (Å²) in [6.45, 7) is 2.01. The van der Waals surface area contributed by atoms with Crippen LogP contribution in [0.2, 0.25) is 0 Å². The Kier molecular flexibility index (Phi) is 4.78. The van der Waals surface area contributed by atoms with E-state index in [-0.39, 0.29) is 13.1 Å². The van der Waals surface area contributed by atoms with E-state index in [1.807, 2.05) is 0 Å². The molecule has 0 spiro atoms. The molecule has 0 bridgehead atoms. The number of nitrogens with one attached hydrogen (secondary N) is 3. The van der Waals surface area contributed by atoms with Crippen molar-refractivity contribution in [3.05, 3.63) is 35.4 Å². The lowest BCUT2D eigenvalue weighted by Gasteiger charge is -2.42. The second kappa shape index (κ2) is 6.58. The van der Waals surface area contributed by atoms with Crippen LogP contribution in [0.4, 0.5) is 0 Å². The van der Waals surface area contributed by atoms with E-state index in [1.54, 1.807) is 31.2 Å². The SMILES string of the molecule is CC#Cc1ccc(C(=O)NC(C(=O)NO)C2(O)CNC2)cc1. The molecule has 5 N–H and O–H groups in total. The summed E-state index contributed by atoms with van der Waals surface area (Å²) in [5, 5.41) is 24.2. The maximum atomic E-state index is 12.2. The van der Waals surface area contributed by atoms with Crippen LogP contribution in [0.15, 0.2) is 24.3 Å². The molecule has 0 radical (unpaired) electrons. The van der Waals surface area contributed by atoms with Crippen LogP contribution in [0, 0.1) is 11.8 Å². The summed E-state index contributed by atoms with van der Waals surface area (Å²) in [5.74, 6) is 4.22. The van der Waals surface area contributed by atoms with Gasteiger partial charge in [0.05, 0.1) is 0 Å². The number of β-amino-alcohol motifs (C(OH)–C–C–N with tert-alkyl or cyclic N) is 1. The third-order valence-electron chi connectivity index (χ3n) is 3.46. The first-order chi connectivity index (χ1) is 10.5. The lowest BCUT2D eigenvalue weighted by Crippen LogP contribution is -2.73. The van der Waals surface area contributed by atoms with Crippen LogP contribution >= 0.6 is 0 Å². The minimum atomic E-state index is -1.42. The third kappa shape index (κ3) is 3.26. The number of hydrogen-bond donors (Lipinski definition) is 5. The fraction of sp³-hybridized carbons (Fsp3) is 0.333. The second-order valence-corrected chi connectivity index (χ2v) is 5.04. The molecule has 116 valence electrons. The van der Waals surface area contributed by atoms with Crippen LogP contribution in [0.5, 0.6) is 0 Å². The Balaban J connectivity index is 2.13. The van der Waals surface area contributed by atoms with Gasteiger partial charge in [0.2, 0.25) is 0 Å². The Hall–Kier alpha value is -2.40. The molecular formula is C15H17N3O4. The molecule has 0 aromatic heterocycles. The molecule has 1 aromatic rings. The van der Waals surface area contributed by atoms with Crippen LogP contribution in [-0.2, 0) is 4.79 Å². The largest absolute Gasteiger partial charge is 0.384 e. The number of amides is 2. The quantitative estimate of drug-likeness (QED) is 0.278. The number of aliphatic hydroxyl groups is 1. The minimum Gasteiger partial charge on any atom is -0.384 e. The molecule has 22 heavy (non-hydrogen) atoms. The molecule has 2 rings (SSSR count). The molecule has 1 aliphatic heterocycles. The van der Waals surface area contributed by atoms with Gasteiger partial charge in [0.15, 0.2) is 0 Å². The van der Waals surface area contributed by atoms with Gasteiger partial charge in [0.25, 0.3) is 11.8 Å². The Morgan fingerprint density at radius 2 is 1.95 bits per heavy atom. The maximum Gasteiger partial charge on any atom is 0.269 e. The van der Waals surface area contributed by atoms with E-state index in [9.17, 15) is 14.7 Å². The fourth-order valence-corrected chi connectivity index (χ4v) is 2.16. The number of carbonyl (C=O) groups is 2. The topological polar surface area (TPSA) is 111 Å². The predicted octanol–water partition coefficient (Wildman–Crippen LogP) is -1.00. The number of hydroxylamine groups is 1. The number of hydrogen-bond acceptors (Lipinski definition) is 5. The highest BCUT2D eigenvalue weighted by Crippen LogP contribution is 2.17. The predicted molar refractivity (Wildman–Crippen MR) is 78.0 cm³/mol. The van der Waals surface area contributed by atoms with E-state index in [1.165, 1.54) is 5.48 Å². The maximum absolute atomic E-state index is 12.2. The summed E-state index contributed by atoms with van der Waals surface area (Å²) in [7, 11) is 0. The zero-order chi connectivity index (χ0) is 16.2. The molecule has 2 amide bonds. The molecule has 7 heteroatoms. The third-order valence-corrected chi connectivity index (χ3v) is 3.46. The number of rotatable bonds is 4. The highest BCUT2D eigenvalue weighted by molar-refractivity contribution is 5.98. The van der Waals surface area contributed by atoms with Crippen molar-refractivity contribution < 1.29 is 19.9 Å². The minimum absolute atomic E-state index is 0.149. The van der Waals surface area contributed by atoms with Gasteiger partial charge in [-0.25, -0.2) is 5.48 Å². The monoisotopic (exact) mass is 303 g/mol. The second-order valence-electron chi connectivity index (χ2n) is 5.04. The van der Waals surface area contributed by atoms with Gasteiger partial charge >= 0.3 is 0 Å². The van der Waals surface area contributed by atoms with Crippen molar-refractivity contribution in [2.75, 3.05) is 13.1 Å². The molecule has 1 aromatic carbocycles.